The Morgan fingerprint density at radius 3 is 1.71 bits per heavy atom. The molecule has 0 aromatic heterocycles. The zero-order valence-corrected chi connectivity index (χ0v) is 26.7. The number of halogens is 2. The normalized spacial score (nSPS) is 16.1. The zero-order chi connectivity index (χ0) is 33.8. The van der Waals surface area contributed by atoms with E-state index < -0.39 is 17.3 Å². The van der Waals surface area contributed by atoms with E-state index in [2.05, 4.69) is 0 Å². The van der Waals surface area contributed by atoms with Crippen LogP contribution in [0, 0.1) is 11.6 Å². The monoisotopic (exact) mass is 628 g/mol. The summed E-state index contributed by atoms with van der Waals surface area (Å²) in [6.45, 7) is 12.0. The van der Waals surface area contributed by atoms with E-state index in [1.807, 2.05) is 20.8 Å². The van der Waals surface area contributed by atoms with Crippen molar-refractivity contribution in [3.8, 4) is 0 Å². The van der Waals surface area contributed by atoms with Crippen LogP contribution in [0.4, 0.5) is 18.4 Å². The van der Waals surface area contributed by atoms with Gasteiger partial charge in [-0.15, -0.1) is 0 Å². The molecule has 0 N–H and O–H groups in total. The minimum absolute atomic E-state index is 0.110. The quantitative estimate of drug-likeness (QED) is 0.260. The number of Topliss-reactive ketones (excluding diaryl/α,β-unsaturated/α-hetero) is 2. The van der Waals surface area contributed by atoms with Gasteiger partial charge in [-0.2, -0.15) is 0 Å². The molecule has 0 spiro atoms. The number of piperidine rings is 2. The molecule has 11 heteroatoms. The first-order chi connectivity index (χ1) is 21.0. The number of likely N-dealkylation sites (tertiary alicyclic amines) is 2. The highest BCUT2D eigenvalue weighted by Gasteiger charge is 2.31. The number of carbonyl (C=O) groups is 5. The standard InChI is InChI=1S/C17H20FNO3.C10H17NO3.C7H5FO/c1-17(2,3)22-16(21)19-10-4-5-15(20)14(19)11-12-6-8-13(18)9-7-12;1-10(2,3)14-9(13)11-6-4-5-8(12)7-11;8-7-3-1-6(5-9)2-4-7/h6-9,11H,4-5,10H2,1-3H3;4-7H2,1-3H3;1-5H/b14-11-;;. The fraction of sp³-hybridized carbons (Fsp3) is 0.441. The van der Waals surface area contributed by atoms with E-state index in [1.54, 1.807) is 39.0 Å². The zero-order valence-electron chi connectivity index (χ0n) is 26.7. The molecule has 0 bridgehead atoms. The van der Waals surface area contributed by atoms with E-state index in [0.717, 1.165) is 6.42 Å². The fourth-order valence-electron chi connectivity index (χ4n) is 4.04. The summed E-state index contributed by atoms with van der Waals surface area (Å²) < 4.78 is 35.6. The summed E-state index contributed by atoms with van der Waals surface area (Å²) in [5.41, 5.74) is 0.347. The Hall–Kier alpha value is -4.41. The van der Waals surface area contributed by atoms with Crippen molar-refractivity contribution < 1.29 is 42.2 Å². The molecule has 2 fully saturated rings. The Morgan fingerprint density at radius 2 is 1.22 bits per heavy atom. The molecule has 244 valence electrons. The maximum Gasteiger partial charge on any atom is 0.414 e. The highest BCUT2D eigenvalue weighted by molar-refractivity contribution is 6.02. The molecule has 9 nitrogen and oxygen atoms in total. The number of ether oxygens (including phenoxy) is 2. The number of hydrogen-bond donors (Lipinski definition) is 0. The molecule has 2 saturated heterocycles. The smallest absolute Gasteiger partial charge is 0.414 e. The summed E-state index contributed by atoms with van der Waals surface area (Å²) in [6, 6.07) is 11.1. The Balaban J connectivity index is 0.000000261. The lowest BCUT2D eigenvalue weighted by Gasteiger charge is -2.31. The van der Waals surface area contributed by atoms with Crippen LogP contribution in [0.1, 0.15) is 83.1 Å². The van der Waals surface area contributed by atoms with Crippen LogP contribution in [0.15, 0.2) is 54.2 Å². The molecule has 2 heterocycles. The van der Waals surface area contributed by atoms with Gasteiger partial charge >= 0.3 is 12.2 Å². The van der Waals surface area contributed by atoms with Gasteiger partial charge in [-0.3, -0.25) is 19.3 Å². The Kier molecular flexibility index (Phi) is 13.6. The number of rotatable bonds is 2. The summed E-state index contributed by atoms with van der Waals surface area (Å²) in [5, 5.41) is 0. The SMILES string of the molecule is CC(C)(C)OC(=O)N1CCCC(=O)/C1=C/c1ccc(F)cc1.CC(C)(C)OC(=O)N1CCCC(=O)C1.O=Cc1ccc(F)cc1. The van der Waals surface area contributed by atoms with Gasteiger partial charge in [0, 0.05) is 31.5 Å². The van der Waals surface area contributed by atoms with Gasteiger partial charge in [-0.1, -0.05) is 12.1 Å². The van der Waals surface area contributed by atoms with Gasteiger partial charge in [0.15, 0.2) is 11.6 Å². The van der Waals surface area contributed by atoms with Crippen molar-refractivity contribution in [1.29, 1.82) is 0 Å². The third-order valence-electron chi connectivity index (χ3n) is 6.06. The van der Waals surface area contributed by atoms with E-state index in [9.17, 15) is 32.8 Å². The van der Waals surface area contributed by atoms with Gasteiger partial charge < -0.3 is 14.4 Å². The maximum atomic E-state index is 13.0. The number of carbonyl (C=O) groups excluding carboxylic acids is 5. The molecule has 0 unspecified atom stereocenters. The first-order valence-corrected chi connectivity index (χ1v) is 14.7. The van der Waals surface area contributed by atoms with Crippen molar-refractivity contribution in [3.05, 3.63) is 77.0 Å². The summed E-state index contributed by atoms with van der Waals surface area (Å²) in [4.78, 5) is 59.8. The van der Waals surface area contributed by atoms with Crippen LogP contribution in [0.2, 0.25) is 0 Å². The van der Waals surface area contributed by atoms with E-state index >= 15 is 0 Å². The predicted octanol–water partition coefficient (Wildman–Crippen LogP) is 6.99. The topological polar surface area (TPSA) is 110 Å². The van der Waals surface area contributed by atoms with E-state index in [0.29, 0.717) is 55.5 Å². The highest BCUT2D eigenvalue weighted by Crippen LogP contribution is 2.23. The summed E-state index contributed by atoms with van der Waals surface area (Å²) >= 11 is 0. The predicted molar refractivity (Wildman–Crippen MR) is 165 cm³/mol. The molecular formula is C34H42F2N2O7. The maximum absolute atomic E-state index is 13.0. The van der Waals surface area contributed by atoms with Crippen molar-refractivity contribution in [2.75, 3.05) is 19.6 Å². The van der Waals surface area contributed by atoms with Gasteiger partial charge in [-0.05, 0) is 102 Å². The number of benzene rings is 2. The largest absolute Gasteiger partial charge is 0.444 e. The number of allylic oxidation sites excluding steroid dienone is 1. The average molecular weight is 629 g/mol. The van der Waals surface area contributed by atoms with Crippen molar-refractivity contribution in [2.45, 2.75) is 78.4 Å². The number of nitrogens with zero attached hydrogens (tertiary/aromatic N) is 2. The molecule has 0 aliphatic carbocycles. The fourth-order valence-corrected chi connectivity index (χ4v) is 4.04. The second kappa shape index (κ2) is 16.6. The van der Waals surface area contributed by atoms with Gasteiger partial charge in [0.2, 0.25) is 0 Å². The highest BCUT2D eigenvalue weighted by atomic mass is 19.1. The second-order valence-electron chi connectivity index (χ2n) is 12.5. The third kappa shape index (κ3) is 13.8. The summed E-state index contributed by atoms with van der Waals surface area (Å²) in [6.07, 6.45) is 3.70. The minimum atomic E-state index is -0.626. The van der Waals surface area contributed by atoms with Crippen molar-refractivity contribution in [2.24, 2.45) is 0 Å². The van der Waals surface area contributed by atoms with Gasteiger partial charge in [-0.25, -0.2) is 18.4 Å². The Morgan fingerprint density at radius 1 is 0.733 bits per heavy atom. The van der Waals surface area contributed by atoms with Crippen LogP contribution in [0.25, 0.3) is 6.08 Å². The van der Waals surface area contributed by atoms with E-state index in [1.165, 1.54) is 46.2 Å². The van der Waals surface area contributed by atoms with Crippen LogP contribution < -0.4 is 0 Å². The second-order valence-corrected chi connectivity index (χ2v) is 12.5. The first kappa shape index (κ1) is 36.8. The van der Waals surface area contributed by atoms with Crippen molar-refractivity contribution >= 4 is 36.1 Å². The van der Waals surface area contributed by atoms with Crippen molar-refractivity contribution in [3.63, 3.8) is 0 Å². The van der Waals surface area contributed by atoms with Gasteiger partial charge in [0.1, 0.15) is 29.1 Å². The molecule has 0 radical (unpaired) electrons. The molecule has 2 amide bonds. The van der Waals surface area contributed by atoms with Crippen LogP contribution in [0.5, 0.6) is 0 Å². The lowest BCUT2D eigenvalue weighted by atomic mass is 10.0. The molecule has 2 aliphatic heterocycles. The van der Waals surface area contributed by atoms with Crippen LogP contribution in [0.3, 0.4) is 0 Å². The molecule has 2 aliphatic rings. The molecule has 45 heavy (non-hydrogen) atoms. The van der Waals surface area contributed by atoms with E-state index in [-0.39, 0.29) is 35.8 Å². The molecule has 2 aromatic rings. The third-order valence-corrected chi connectivity index (χ3v) is 6.06. The molecule has 2 aromatic carbocycles. The average Bonchev–Trinajstić information content (AvgIpc) is 2.94. The van der Waals surface area contributed by atoms with Crippen LogP contribution in [-0.4, -0.2) is 70.7 Å². The lowest BCUT2D eigenvalue weighted by Crippen LogP contribution is -2.43. The minimum Gasteiger partial charge on any atom is -0.444 e. The number of hydrogen-bond acceptors (Lipinski definition) is 7. The summed E-state index contributed by atoms with van der Waals surface area (Å²) in [5.74, 6) is -0.662. The van der Waals surface area contributed by atoms with E-state index in [4.69, 9.17) is 9.47 Å². The van der Waals surface area contributed by atoms with Crippen LogP contribution in [-0.2, 0) is 19.1 Å². The number of aldehydes is 1. The first-order valence-electron chi connectivity index (χ1n) is 14.7. The Bertz CT molecular complexity index is 1360. The number of ketones is 2. The number of amides is 2. The van der Waals surface area contributed by atoms with Crippen LogP contribution >= 0.6 is 0 Å². The molecule has 4 rings (SSSR count). The molecule has 0 saturated carbocycles. The molecular weight excluding hydrogens is 586 g/mol. The molecule has 0 atom stereocenters. The Labute approximate surface area is 263 Å². The van der Waals surface area contributed by atoms with Gasteiger partial charge in [0.25, 0.3) is 0 Å². The van der Waals surface area contributed by atoms with Crippen molar-refractivity contribution in [1.82, 2.24) is 9.80 Å². The lowest BCUT2D eigenvalue weighted by molar-refractivity contribution is -0.122. The van der Waals surface area contributed by atoms with Gasteiger partial charge in [0.05, 0.1) is 12.2 Å². The summed E-state index contributed by atoms with van der Waals surface area (Å²) in [7, 11) is 0.